The van der Waals surface area contributed by atoms with Gasteiger partial charge in [0.1, 0.15) is 0 Å². The lowest BCUT2D eigenvalue weighted by atomic mass is 10.2. The molecule has 1 aromatic carbocycles. The third-order valence-corrected chi connectivity index (χ3v) is 5.21. The Balaban J connectivity index is 2.35. The lowest BCUT2D eigenvalue weighted by molar-refractivity contribution is 0.213. The molecule has 6 heteroatoms. The van der Waals surface area contributed by atoms with Crippen LogP contribution in [-0.2, 0) is 10.0 Å². The average Bonchev–Trinajstić information content (AvgIpc) is 2.88. The summed E-state index contributed by atoms with van der Waals surface area (Å²) in [6.07, 6.45) is 1.53. The van der Waals surface area contributed by atoms with E-state index >= 15 is 0 Å². The van der Waals surface area contributed by atoms with Crippen LogP contribution in [-0.4, -0.2) is 44.1 Å². The second kappa shape index (κ2) is 5.26. The first-order valence-corrected chi connectivity index (χ1v) is 7.44. The molecule has 1 unspecified atom stereocenters. The highest BCUT2D eigenvalue weighted by Crippen LogP contribution is 2.26. The Kier molecular flexibility index (Phi) is 3.89. The highest BCUT2D eigenvalue weighted by molar-refractivity contribution is 7.89. The van der Waals surface area contributed by atoms with Crippen molar-refractivity contribution < 1.29 is 13.5 Å². The molecule has 0 amide bonds. The van der Waals surface area contributed by atoms with Gasteiger partial charge in [0.05, 0.1) is 11.5 Å². The molecule has 1 fully saturated rings. The smallest absolute Gasteiger partial charge is 0.243 e. The maximum absolute atomic E-state index is 12.5. The van der Waals surface area contributed by atoms with Gasteiger partial charge in [-0.05, 0) is 31.0 Å². The molecular weight excluding hydrogens is 252 g/mol. The van der Waals surface area contributed by atoms with E-state index in [0.29, 0.717) is 6.54 Å². The van der Waals surface area contributed by atoms with Crippen molar-refractivity contribution in [3.8, 4) is 0 Å². The molecule has 0 aromatic heterocycles. The molecular formula is C12H18N2O3S. The number of anilines is 1. The highest BCUT2D eigenvalue weighted by Gasteiger charge is 2.34. The molecule has 0 bridgehead atoms. The third-order valence-electron chi connectivity index (χ3n) is 3.26. The van der Waals surface area contributed by atoms with E-state index in [1.54, 1.807) is 25.2 Å². The molecule has 1 aliphatic rings. The van der Waals surface area contributed by atoms with Crippen LogP contribution in [0.2, 0.25) is 0 Å². The molecule has 1 aliphatic heterocycles. The minimum absolute atomic E-state index is 0.120. The summed E-state index contributed by atoms with van der Waals surface area (Å²) in [6, 6.07) is 6.44. The second-order valence-corrected chi connectivity index (χ2v) is 6.26. The Morgan fingerprint density at radius 3 is 2.94 bits per heavy atom. The molecule has 1 atom stereocenters. The van der Waals surface area contributed by atoms with Crippen molar-refractivity contribution in [1.82, 2.24) is 4.31 Å². The first-order valence-electron chi connectivity index (χ1n) is 6.00. The molecule has 1 heterocycles. The van der Waals surface area contributed by atoms with Crippen molar-refractivity contribution >= 4 is 15.7 Å². The number of aliphatic hydroxyl groups is 1. The van der Waals surface area contributed by atoms with Crippen molar-refractivity contribution in [2.45, 2.75) is 23.8 Å². The number of benzene rings is 1. The number of rotatable bonds is 4. The fourth-order valence-corrected chi connectivity index (χ4v) is 3.99. The molecule has 100 valence electrons. The highest BCUT2D eigenvalue weighted by atomic mass is 32.2. The first kappa shape index (κ1) is 13.3. The van der Waals surface area contributed by atoms with Crippen LogP contribution in [0.1, 0.15) is 12.8 Å². The minimum atomic E-state index is -3.50. The summed E-state index contributed by atoms with van der Waals surface area (Å²) in [4.78, 5) is 0.273. The van der Waals surface area contributed by atoms with E-state index in [2.05, 4.69) is 5.32 Å². The minimum Gasteiger partial charge on any atom is -0.395 e. The van der Waals surface area contributed by atoms with Crippen LogP contribution in [0.5, 0.6) is 0 Å². The molecule has 0 aliphatic carbocycles. The predicted octanol–water partition coefficient (Wildman–Crippen LogP) is 0.874. The van der Waals surface area contributed by atoms with Gasteiger partial charge < -0.3 is 10.4 Å². The fraction of sp³-hybridized carbons (Fsp3) is 0.500. The first-order chi connectivity index (χ1) is 8.59. The number of sulfonamides is 1. The van der Waals surface area contributed by atoms with E-state index in [4.69, 9.17) is 0 Å². The Morgan fingerprint density at radius 1 is 1.50 bits per heavy atom. The zero-order valence-corrected chi connectivity index (χ0v) is 11.2. The van der Waals surface area contributed by atoms with Crippen LogP contribution in [0, 0.1) is 0 Å². The molecule has 18 heavy (non-hydrogen) atoms. The maximum Gasteiger partial charge on any atom is 0.243 e. The molecule has 1 saturated heterocycles. The van der Waals surface area contributed by atoms with Crippen LogP contribution >= 0.6 is 0 Å². The molecule has 5 nitrogen and oxygen atoms in total. The van der Waals surface area contributed by atoms with Gasteiger partial charge in [0, 0.05) is 25.3 Å². The van der Waals surface area contributed by atoms with Gasteiger partial charge in [0.15, 0.2) is 0 Å². The van der Waals surface area contributed by atoms with Crippen LogP contribution < -0.4 is 5.32 Å². The van der Waals surface area contributed by atoms with Gasteiger partial charge >= 0.3 is 0 Å². The molecule has 0 spiro atoms. The summed E-state index contributed by atoms with van der Waals surface area (Å²) in [7, 11) is -1.75. The summed E-state index contributed by atoms with van der Waals surface area (Å²) < 4.78 is 26.3. The van der Waals surface area contributed by atoms with Crippen LogP contribution in [0.15, 0.2) is 29.2 Å². The largest absolute Gasteiger partial charge is 0.395 e. The number of nitrogens with zero attached hydrogens (tertiary/aromatic N) is 1. The van der Waals surface area contributed by atoms with Gasteiger partial charge in [-0.1, -0.05) is 6.07 Å². The number of nitrogens with one attached hydrogen (secondary N) is 1. The predicted molar refractivity (Wildman–Crippen MR) is 70.0 cm³/mol. The van der Waals surface area contributed by atoms with E-state index in [0.717, 1.165) is 18.5 Å². The van der Waals surface area contributed by atoms with Gasteiger partial charge in [-0.2, -0.15) is 4.31 Å². The molecule has 2 N–H and O–H groups in total. The maximum atomic E-state index is 12.5. The van der Waals surface area contributed by atoms with Crippen LogP contribution in [0.3, 0.4) is 0 Å². The SMILES string of the molecule is CNc1cccc(S(=O)(=O)N2CCCC2CO)c1. The Bertz CT molecular complexity index is 516. The van der Waals surface area contributed by atoms with E-state index in [1.165, 1.54) is 4.31 Å². The Hall–Kier alpha value is -1.11. The van der Waals surface area contributed by atoms with Crippen molar-refractivity contribution in [2.24, 2.45) is 0 Å². The number of hydrogen-bond donors (Lipinski definition) is 2. The monoisotopic (exact) mass is 270 g/mol. The van der Waals surface area contributed by atoms with Gasteiger partial charge in [-0.25, -0.2) is 8.42 Å². The molecule has 2 rings (SSSR count). The number of aliphatic hydroxyl groups excluding tert-OH is 1. The quantitative estimate of drug-likeness (QED) is 0.852. The summed E-state index contributed by atoms with van der Waals surface area (Å²) in [5.74, 6) is 0. The Labute approximate surface area is 107 Å². The van der Waals surface area contributed by atoms with Gasteiger partial charge in [0.25, 0.3) is 0 Å². The van der Waals surface area contributed by atoms with Crippen molar-refractivity contribution in [2.75, 3.05) is 25.5 Å². The van der Waals surface area contributed by atoms with Crippen LogP contribution in [0.25, 0.3) is 0 Å². The van der Waals surface area contributed by atoms with Gasteiger partial charge in [-0.3, -0.25) is 0 Å². The zero-order chi connectivity index (χ0) is 13.2. The molecule has 0 saturated carbocycles. The third kappa shape index (κ3) is 2.36. The van der Waals surface area contributed by atoms with Gasteiger partial charge in [0.2, 0.25) is 10.0 Å². The second-order valence-electron chi connectivity index (χ2n) is 4.37. The number of hydrogen-bond acceptors (Lipinski definition) is 4. The average molecular weight is 270 g/mol. The summed E-state index contributed by atoms with van der Waals surface area (Å²) in [5, 5.41) is 12.2. The van der Waals surface area contributed by atoms with Crippen molar-refractivity contribution in [3.05, 3.63) is 24.3 Å². The van der Waals surface area contributed by atoms with E-state index < -0.39 is 10.0 Å². The van der Waals surface area contributed by atoms with E-state index in [9.17, 15) is 13.5 Å². The topological polar surface area (TPSA) is 69.6 Å². The summed E-state index contributed by atoms with van der Waals surface area (Å²) in [6.45, 7) is 0.363. The van der Waals surface area contributed by atoms with E-state index in [1.807, 2.05) is 6.07 Å². The summed E-state index contributed by atoms with van der Waals surface area (Å²) >= 11 is 0. The van der Waals surface area contributed by atoms with Crippen molar-refractivity contribution in [1.29, 1.82) is 0 Å². The molecule has 0 radical (unpaired) electrons. The lowest BCUT2D eigenvalue weighted by Gasteiger charge is -2.22. The zero-order valence-electron chi connectivity index (χ0n) is 10.3. The lowest BCUT2D eigenvalue weighted by Crippen LogP contribution is -2.37. The standard InChI is InChI=1S/C12H18N2O3S/c1-13-10-4-2-6-12(8-10)18(16,17)14-7-3-5-11(14)9-15/h2,4,6,8,11,13,15H,3,5,7,9H2,1H3. The molecule has 1 aromatic rings. The van der Waals surface area contributed by atoms with E-state index in [-0.39, 0.29) is 17.5 Å². The van der Waals surface area contributed by atoms with Crippen LogP contribution in [0.4, 0.5) is 5.69 Å². The fourth-order valence-electron chi connectivity index (χ4n) is 2.26. The normalized spacial score (nSPS) is 21.1. The summed E-state index contributed by atoms with van der Waals surface area (Å²) in [5.41, 5.74) is 0.760. The van der Waals surface area contributed by atoms with Gasteiger partial charge in [-0.15, -0.1) is 0 Å². The Morgan fingerprint density at radius 2 is 2.28 bits per heavy atom. The van der Waals surface area contributed by atoms with Crippen molar-refractivity contribution in [3.63, 3.8) is 0 Å².